The van der Waals surface area contributed by atoms with Crippen molar-refractivity contribution in [1.82, 2.24) is 4.98 Å². The second-order valence-electron chi connectivity index (χ2n) is 2.29. The summed E-state index contributed by atoms with van der Waals surface area (Å²) >= 11 is 4.11. The van der Waals surface area contributed by atoms with Crippen LogP contribution in [0.25, 0.3) is 0 Å². The first kappa shape index (κ1) is 12.0. The van der Waals surface area contributed by atoms with Crippen LogP contribution in [0.3, 0.4) is 0 Å². The molecule has 0 aliphatic heterocycles. The third-order valence-corrected chi connectivity index (χ3v) is 1.56. The van der Waals surface area contributed by atoms with E-state index in [0.29, 0.717) is 5.75 Å². The minimum atomic E-state index is 0. The molecule has 1 heterocycles. The van der Waals surface area contributed by atoms with Crippen molar-refractivity contribution in [2.45, 2.75) is 12.7 Å². The Kier molecular flexibility index (Phi) is 6.13. The van der Waals surface area contributed by atoms with Gasteiger partial charge in [0.2, 0.25) is 0 Å². The molecular weight excluding hydrogens is 181 g/mol. The van der Waals surface area contributed by atoms with Crippen molar-refractivity contribution < 1.29 is 51.4 Å². The van der Waals surface area contributed by atoms with Crippen molar-refractivity contribution in [3.05, 3.63) is 36.0 Å². The molecule has 1 aromatic heterocycles. The summed E-state index contributed by atoms with van der Waals surface area (Å²) in [5.74, 6) is 0.685. The number of rotatable bonds is 1. The summed E-state index contributed by atoms with van der Waals surface area (Å²) in [6, 6.07) is 3.97. The normalized spacial score (nSPS) is 8.91. The number of thiol groups is 1. The van der Waals surface area contributed by atoms with Crippen molar-refractivity contribution in [3.63, 3.8) is 0 Å². The largest absolute Gasteiger partial charge is 1.00 e. The number of pyridine rings is 1. The van der Waals surface area contributed by atoms with Gasteiger partial charge in [0, 0.05) is 11.4 Å². The molecule has 0 aliphatic rings. The van der Waals surface area contributed by atoms with E-state index in [1.165, 1.54) is 5.56 Å². The number of aryl methyl sites for hydroxylation is 1. The van der Waals surface area contributed by atoms with Crippen LogP contribution in [-0.4, -0.2) is 4.98 Å². The van der Waals surface area contributed by atoms with Crippen LogP contribution in [0.5, 0.6) is 0 Å². The first-order valence-corrected chi connectivity index (χ1v) is 3.76. The summed E-state index contributed by atoms with van der Waals surface area (Å²) in [7, 11) is 0. The smallest absolute Gasteiger partial charge is 0.291 e. The zero-order valence-corrected chi connectivity index (χ0v) is 11.0. The molecule has 0 unspecified atom stereocenters. The molecule has 0 bridgehead atoms. The molecule has 1 nitrogen and oxygen atoms in total. The Balaban J connectivity index is 0.000001000. The maximum atomic E-state index is 4.16. The molecule has 0 saturated heterocycles. The Morgan fingerprint density at radius 2 is 2.18 bits per heavy atom. The minimum absolute atomic E-state index is 0. The minimum Gasteiger partial charge on any atom is -0.291 e. The average molecular weight is 191 g/mol. The molecule has 11 heavy (non-hydrogen) atoms. The fourth-order valence-electron chi connectivity index (χ4n) is 0.897. The Morgan fingerprint density at radius 1 is 1.55 bits per heavy atom. The number of hydrogen-bond acceptors (Lipinski definition) is 2. The van der Waals surface area contributed by atoms with Crippen molar-refractivity contribution in [3.8, 4) is 0 Å². The summed E-state index contributed by atoms with van der Waals surface area (Å²) in [4.78, 5) is 4.16. The van der Waals surface area contributed by atoms with Gasteiger partial charge in [-0.15, -0.1) is 11.3 Å². The van der Waals surface area contributed by atoms with Gasteiger partial charge >= 0.3 is 51.4 Å². The van der Waals surface area contributed by atoms with Crippen molar-refractivity contribution in [2.75, 3.05) is 0 Å². The molecule has 0 aliphatic carbocycles. The number of aromatic nitrogens is 1. The molecule has 0 N–H and O–H groups in total. The van der Waals surface area contributed by atoms with Crippen LogP contribution in [0.2, 0.25) is 0 Å². The van der Waals surface area contributed by atoms with Gasteiger partial charge in [-0.25, -0.2) is 6.92 Å². The second kappa shape index (κ2) is 5.62. The van der Waals surface area contributed by atoms with Gasteiger partial charge in [0.15, 0.2) is 0 Å². The fourth-order valence-corrected chi connectivity index (χ4v) is 1.06. The van der Waals surface area contributed by atoms with E-state index in [0.717, 1.165) is 11.4 Å². The average Bonchev–Trinajstić information content (AvgIpc) is 1.85. The molecule has 0 amide bonds. The molecule has 0 saturated carbocycles. The predicted molar refractivity (Wildman–Crippen MR) is 46.1 cm³/mol. The summed E-state index contributed by atoms with van der Waals surface area (Å²) in [5, 5.41) is 0. The monoisotopic (exact) mass is 191 g/mol. The second-order valence-corrected chi connectivity index (χ2v) is 2.60. The van der Waals surface area contributed by atoms with E-state index < -0.39 is 0 Å². The first-order valence-electron chi connectivity index (χ1n) is 3.13. The molecule has 54 valence electrons. The SMILES string of the molecule is [CH2-]c1cc(C)cc(CS)n1.[K+]. The zero-order valence-electron chi connectivity index (χ0n) is 6.96. The van der Waals surface area contributed by atoms with Crippen LogP contribution in [-0.2, 0) is 5.75 Å². The Hall–Kier alpha value is 1.01. The molecule has 0 aromatic carbocycles. The van der Waals surface area contributed by atoms with Gasteiger partial charge in [0.05, 0.1) is 0 Å². The number of hydrogen-bond donors (Lipinski definition) is 1. The number of nitrogens with zero attached hydrogens (tertiary/aromatic N) is 1. The van der Waals surface area contributed by atoms with E-state index in [1.807, 2.05) is 19.1 Å². The molecule has 0 atom stereocenters. The van der Waals surface area contributed by atoms with E-state index >= 15 is 0 Å². The van der Waals surface area contributed by atoms with Crippen LogP contribution in [0.1, 0.15) is 17.0 Å². The van der Waals surface area contributed by atoms with E-state index in [1.54, 1.807) is 0 Å². The van der Waals surface area contributed by atoms with Crippen LogP contribution >= 0.6 is 12.6 Å². The quantitative estimate of drug-likeness (QED) is 0.341. The van der Waals surface area contributed by atoms with Gasteiger partial charge in [0.25, 0.3) is 0 Å². The molecule has 3 heteroatoms. The molecule has 0 fully saturated rings. The third kappa shape index (κ3) is 3.96. The Labute approximate surface area is 116 Å². The zero-order chi connectivity index (χ0) is 7.56. The summed E-state index contributed by atoms with van der Waals surface area (Å²) < 4.78 is 0. The van der Waals surface area contributed by atoms with Gasteiger partial charge in [-0.2, -0.15) is 18.7 Å². The molecular formula is C8H10KNS. The van der Waals surface area contributed by atoms with Crippen LogP contribution < -0.4 is 51.4 Å². The predicted octanol–water partition coefficient (Wildman–Crippen LogP) is -0.994. The van der Waals surface area contributed by atoms with Crippen LogP contribution in [0.4, 0.5) is 0 Å². The molecule has 0 radical (unpaired) electrons. The maximum absolute atomic E-state index is 4.16. The molecule has 1 aromatic rings. The molecule has 0 spiro atoms. The topological polar surface area (TPSA) is 12.9 Å². The van der Waals surface area contributed by atoms with Crippen LogP contribution in [0.15, 0.2) is 12.1 Å². The van der Waals surface area contributed by atoms with Crippen LogP contribution in [0, 0.1) is 13.8 Å². The van der Waals surface area contributed by atoms with Gasteiger partial charge in [-0.3, -0.25) is 4.98 Å². The van der Waals surface area contributed by atoms with E-state index in [4.69, 9.17) is 0 Å². The summed E-state index contributed by atoms with van der Waals surface area (Å²) in [5.41, 5.74) is 3.02. The third-order valence-electron chi connectivity index (χ3n) is 1.24. The summed E-state index contributed by atoms with van der Waals surface area (Å²) in [6.07, 6.45) is 0. The van der Waals surface area contributed by atoms with E-state index in [9.17, 15) is 0 Å². The van der Waals surface area contributed by atoms with E-state index in [2.05, 4.69) is 24.5 Å². The fraction of sp³-hybridized carbons (Fsp3) is 0.250. The first-order chi connectivity index (χ1) is 4.72. The summed E-state index contributed by atoms with van der Waals surface area (Å²) in [6.45, 7) is 5.78. The molecule has 1 rings (SSSR count). The van der Waals surface area contributed by atoms with Crippen molar-refractivity contribution in [2.24, 2.45) is 0 Å². The Morgan fingerprint density at radius 3 is 2.64 bits per heavy atom. The maximum Gasteiger partial charge on any atom is 1.00 e. The van der Waals surface area contributed by atoms with Gasteiger partial charge in [-0.1, -0.05) is 13.0 Å². The van der Waals surface area contributed by atoms with Crippen molar-refractivity contribution >= 4 is 12.6 Å². The Bertz CT molecular complexity index is 217. The standard InChI is InChI=1S/C8H10NS.K/c1-6-3-7(2)9-8(4-6)5-10;/h3-4,10H,2,5H2,1H3;/q-1;+1. The van der Waals surface area contributed by atoms with Gasteiger partial charge in [0.1, 0.15) is 0 Å². The van der Waals surface area contributed by atoms with Crippen molar-refractivity contribution in [1.29, 1.82) is 0 Å². The van der Waals surface area contributed by atoms with E-state index in [-0.39, 0.29) is 51.4 Å². The van der Waals surface area contributed by atoms with Gasteiger partial charge in [-0.05, 0) is 0 Å². The van der Waals surface area contributed by atoms with Gasteiger partial charge < -0.3 is 0 Å².